The highest BCUT2D eigenvalue weighted by Gasteiger charge is 2.33. The second kappa shape index (κ2) is 6.45. The number of pyridine rings is 1. The van der Waals surface area contributed by atoms with Gasteiger partial charge in [0.05, 0.1) is 5.39 Å². The number of thiophene rings is 1. The van der Waals surface area contributed by atoms with Crippen molar-refractivity contribution in [2.75, 3.05) is 16.8 Å². The van der Waals surface area contributed by atoms with Crippen molar-refractivity contribution < 1.29 is 4.79 Å². The predicted molar refractivity (Wildman–Crippen MR) is 98.3 cm³/mol. The first kappa shape index (κ1) is 15.5. The Balaban J connectivity index is 1.59. The van der Waals surface area contributed by atoms with E-state index in [1.165, 1.54) is 0 Å². The van der Waals surface area contributed by atoms with E-state index in [0.717, 1.165) is 39.9 Å². The van der Waals surface area contributed by atoms with Gasteiger partial charge in [-0.05, 0) is 52.4 Å². The lowest BCUT2D eigenvalue weighted by Gasteiger charge is -2.25. The summed E-state index contributed by atoms with van der Waals surface area (Å²) in [5.74, 6) is 1.34. The van der Waals surface area contributed by atoms with Gasteiger partial charge in [-0.25, -0.2) is 15.0 Å². The predicted octanol–water partition coefficient (Wildman–Crippen LogP) is 3.46. The topological polar surface area (TPSA) is 71.0 Å². The second-order valence-electron chi connectivity index (χ2n) is 5.54. The fourth-order valence-electron chi connectivity index (χ4n) is 2.96. The number of aromatic nitrogens is 3. The van der Waals surface area contributed by atoms with Gasteiger partial charge in [0, 0.05) is 17.2 Å². The summed E-state index contributed by atoms with van der Waals surface area (Å²) in [6.45, 7) is 0.813. The number of halogens is 1. The van der Waals surface area contributed by atoms with Crippen LogP contribution in [0.1, 0.15) is 12.8 Å². The van der Waals surface area contributed by atoms with Crippen LogP contribution in [-0.4, -0.2) is 33.4 Å². The number of hydrogen-bond acceptors (Lipinski definition) is 6. The van der Waals surface area contributed by atoms with Crippen LogP contribution in [0.3, 0.4) is 0 Å². The van der Waals surface area contributed by atoms with E-state index in [1.54, 1.807) is 29.9 Å². The SMILES string of the molecule is O=C(Nc1ccc(Br)cn1)C1CCCN1c1ncnc2sccc12. The highest BCUT2D eigenvalue weighted by Crippen LogP contribution is 2.32. The number of rotatable bonds is 3. The van der Waals surface area contributed by atoms with Gasteiger partial charge < -0.3 is 10.2 Å². The number of nitrogens with one attached hydrogen (secondary N) is 1. The van der Waals surface area contributed by atoms with Crippen molar-refractivity contribution in [1.82, 2.24) is 15.0 Å². The summed E-state index contributed by atoms with van der Waals surface area (Å²) >= 11 is 4.92. The molecule has 4 heterocycles. The van der Waals surface area contributed by atoms with Gasteiger partial charge in [0.2, 0.25) is 5.91 Å². The van der Waals surface area contributed by atoms with E-state index >= 15 is 0 Å². The van der Waals surface area contributed by atoms with Crippen LogP contribution in [0.2, 0.25) is 0 Å². The maximum absolute atomic E-state index is 12.7. The summed E-state index contributed by atoms with van der Waals surface area (Å²) in [7, 11) is 0. The molecular weight excluding hydrogens is 390 g/mol. The number of carbonyl (C=O) groups is 1. The zero-order chi connectivity index (χ0) is 16.5. The molecule has 0 saturated carbocycles. The molecule has 1 saturated heterocycles. The molecule has 4 rings (SSSR count). The lowest BCUT2D eigenvalue weighted by molar-refractivity contribution is -0.117. The second-order valence-corrected chi connectivity index (χ2v) is 7.35. The normalized spacial score (nSPS) is 17.4. The third kappa shape index (κ3) is 2.87. The summed E-state index contributed by atoms with van der Waals surface area (Å²) in [6.07, 6.45) is 5.00. The van der Waals surface area contributed by atoms with E-state index < -0.39 is 0 Å². The first-order valence-corrected chi connectivity index (χ1v) is 9.27. The summed E-state index contributed by atoms with van der Waals surface area (Å²) in [6, 6.07) is 5.41. The van der Waals surface area contributed by atoms with Crippen molar-refractivity contribution in [3.05, 3.63) is 40.6 Å². The van der Waals surface area contributed by atoms with Crippen LogP contribution < -0.4 is 10.2 Å². The maximum Gasteiger partial charge on any atom is 0.248 e. The molecule has 1 fully saturated rings. The standard InChI is InChI=1S/C16H14BrN5OS/c17-10-3-4-13(18-8-10)21-15(23)12-2-1-6-22(12)14-11-5-7-24-16(11)20-9-19-14/h3-5,7-9,12H,1-2,6H2,(H,18,21,23). The molecule has 0 aliphatic carbocycles. The maximum atomic E-state index is 12.7. The molecule has 3 aromatic rings. The van der Waals surface area contributed by atoms with Crippen molar-refractivity contribution >= 4 is 55.0 Å². The number of nitrogens with zero attached hydrogens (tertiary/aromatic N) is 4. The quantitative estimate of drug-likeness (QED) is 0.724. The highest BCUT2D eigenvalue weighted by molar-refractivity contribution is 9.10. The summed E-state index contributed by atoms with van der Waals surface area (Å²) < 4.78 is 0.879. The molecule has 1 aliphatic rings. The average molecular weight is 404 g/mol. The van der Waals surface area contributed by atoms with Gasteiger partial charge in [0.1, 0.15) is 28.8 Å². The molecule has 1 atom stereocenters. The third-order valence-corrected chi connectivity index (χ3v) is 5.34. The summed E-state index contributed by atoms with van der Waals surface area (Å²) in [4.78, 5) is 28.7. The Hall–Kier alpha value is -2.06. The van der Waals surface area contributed by atoms with E-state index in [1.807, 2.05) is 17.5 Å². The zero-order valence-electron chi connectivity index (χ0n) is 12.6. The monoisotopic (exact) mass is 403 g/mol. The molecule has 1 unspecified atom stereocenters. The molecule has 1 N–H and O–H groups in total. The van der Waals surface area contributed by atoms with Crippen molar-refractivity contribution in [3.8, 4) is 0 Å². The molecule has 1 aliphatic heterocycles. The minimum atomic E-state index is -0.242. The molecule has 6 nitrogen and oxygen atoms in total. The smallest absolute Gasteiger partial charge is 0.248 e. The molecule has 122 valence electrons. The van der Waals surface area contributed by atoms with Gasteiger partial charge in [-0.1, -0.05) is 0 Å². The van der Waals surface area contributed by atoms with E-state index in [-0.39, 0.29) is 11.9 Å². The fourth-order valence-corrected chi connectivity index (χ4v) is 3.92. The van der Waals surface area contributed by atoms with Gasteiger partial charge in [-0.15, -0.1) is 11.3 Å². The Labute approximate surface area is 151 Å². The lowest BCUT2D eigenvalue weighted by atomic mass is 10.2. The Morgan fingerprint density at radius 2 is 2.21 bits per heavy atom. The number of fused-ring (bicyclic) bond motifs is 1. The van der Waals surface area contributed by atoms with Crippen molar-refractivity contribution in [2.45, 2.75) is 18.9 Å². The van der Waals surface area contributed by atoms with Gasteiger partial charge >= 0.3 is 0 Å². The molecule has 24 heavy (non-hydrogen) atoms. The van der Waals surface area contributed by atoms with E-state index in [2.05, 4.69) is 41.1 Å². The molecule has 3 aromatic heterocycles. The Morgan fingerprint density at radius 3 is 3.04 bits per heavy atom. The molecular formula is C16H14BrN5OS. The number of anilines is 2. The van der Waals surface area contributed by atoms with Crippen molar-refractivity contribution in [2.24, 2.45) is 0 Å². The van der Waals surface area contributed by atoms with Crippen LogP contribution in [0.5, 0.6) is 0 Å². The van der Waals surface area contributed by atoms with E-state index in [9.17, 15) is 4.79 Å². The molecule has 0 bridgehead atoms. The van der Waals surface area contributed by atoms with Gasteiger partial charge in [-0.3, -0.25) is 4.79 Å². The third-order valence-electron chi connectivity index (χ3n) is 4.05. The molecule has 0 aromatic carbocycles. The van der Waals surface area contributed by atoms with Crippen molar-refractivity contribution in [3.63, 3.8) is 0 Å². The van der Waals surface area contributed by atoms with Gasteiger partial charge in [0.15, 0.2) is 0 Å². The van der Waals surface area contributed by atoms with Gasteiger partial charge in [-0.2, -0.15) is 0 Å². The molecule has 8 heteroatoms. The minimum Gasteiger partial charge on any atom is -0.344 e. The van der Waals surface area contributed by atoms with Crippen LogP contribution in [0.15, 0.2) is 40.6 Å². The van der Waals surface area contributed by atoms with Crippen LogP contribution in [0.25, 0.3) is 10.2 Å². The van der Waals surface area contributed by atoms with E-state index in [4.69, 9.17) is 0 Å². The first-order valence-electron chi connectivity index (χ1n) is 7.59. The Bertz CT molecular complexity index is 882. The Morgan fingerprint density at radius 1 is 1.29 bits per heavy atom. The highest BCUT2D eigenvalue weighted by atomic mass is 79.9. The first-order chi connectivity index (χ1) is 11.7. The minimum absolute atomic E-state index is 0.0516. The zero-order valence-corrected chi connectivity index (χ0v) is 15.0. The Kier molecular flexibility index (Phi) is 4.15. The number of amides is 1. The largest absolute Gasteiger partial charge is 0.344 e. The average Bonchev–Trinajstić information content (AvgIpc) is 3.25. The number of hydrogen-bond donors (Lipinski definition) is 1. The van der Waals surface area contributed by atoms with Crippen LogP contribution in [0, 0.1) is 0 Å². The molecule has 0 spiro atoms. The molecule has 1 amide bonds. The molecule has 0 radical (unpaired) electrons. The van der Waals surface area contributed by atoms with Crippen LogP contribution in [0.4, 0.5) is 11.6 Å². The van der Waals surface area contributed by atoms with Crippen molar-refractivity contribution in [1.29, 1.82) is 0 Å². The summed E-state index contributed by atoms with van der Waals surface area (Å²) in [5, 5.41) is 5.90. The summed E-state index contributed by atoms with van der Waals surface area (Å²) in [5.41, 5.74) is 0. The number of carbonyl (C=O) groups excluding carboxylic acids is 1. The van der Waals surface area contributed by atoms with Gasteiger partial charge in [0.25, 0.3) is 0 Å². The van der Waals surface area contributed by atoms with Crippen LogP contribution >= 0.6 is 27.3 Å². The van der Waals surface area contributed by atoms with E-state index in [0.29, 0.717) is 5.82 Å². The fraction of sp³-hybridized carbons (Fsp3) is 0.250. The lowest BCUT2D eigenvalue weighted by Crippen LogP contribution is -2.40. The van der Waals surface area contributed by atoms with Crippen LogP contribution in [-0.2, 0) is 4.79 Å².